The van der Waals surface area contributed by atoms with E-state index in [0.29, 0.717) is 37.8 Å². The Morgan fingerprint density at radius 2 is 1.49 bits per heavy atom. The van der Waals surface area contributed by atoms with Gasteiger partial charge in [0.2, 0.25) is 15.9 Å². The fourth-order valence-corrected chi connectivity index (χ4v) is 6.82. The van der Waals surface area contributed by atoms with E-state index in [1.807, 2.05) is 0 Å². The second-order valence-electron chi connectivity index (χ2n) is 8.85. The Hall–Kier alpha value is -3.72. The number of nitrogens with one attached hydrogen (secondary N) is 1. The lowest BCUT2D eigenvalue weighted by Crippen LogP contribution is -2.41. The van der Waals surface area contributed by atoms with E-state index in [0.717, 1.165) is 16.4 Å². The molecule has 0 unspecified atom stereocenters. The highest BCUT2D eigenvalue weighted by Gasteiger charge is 2.28. The van der Waals surface area contributed by atoms with Gasteiger partial charge < -0.3 is 19.5 Å². The van der Waals surface area contributed by atoms with Crippen molar-refractivity contribution in [3.05, 3.63) is 78.6 Å². The highest BCUT2D eigenvalue weighted by atomic mass is 32.2. The summed E-state index contributed by atoms with van der Waals surface area (Å²) in [5.41, 5.74) is 0.112. The van der Waals surface area contributed by atoms with Crippen LogP contribution in [0.25, 0.3) is 0 Å². The number of methoxy groups -OCH3 is 1. The number of nitrogens with zero attached hydrogens (tertiary/aromatic N) is 2. The molecule has 11 nitrogen and oxygen atoms in total. The van der Waals surface area contributed by atoms with Crippen molar-refractivity contribution in [2.75, 3.05) is 57.4 Å². The van der Waals surface area contributed by atoms with Crippen LogP contribution in [0.4, 0.5) is 10.1 Å². The normalized spacial score (nSPS) is 14.3. The molecule has 1 saturated heterocycles. The number of morpholine rings is 1. The summed E-state index contributed by atoms with van der Waals surface area (Å²) in [4.78, 5) is 12.8. The van der Waals surface area contributed by atoms with Gasteiger partial charge in [-0.1, -0.05) is 0 Å². The van der Waals surface area contributed by atoms with Crippen molar-refractivity contribution in [3.8, 4) is 11.5 Å². The third-order valence-corrected chi connectivity index (χ3v) is 9.87. The molecule has 0 bridgehead atoms. The lowest BCUT2D eigenvalue weighted by atomic mass is 10.3. The molecular formula is C27H30FN3O8S2. The van der Waals surface area contributed by atoms with Crippen LogP contribution in [-0.2, 0) is 29.6 Å². The summed E-state index contributed by atoms with van der Waals surface area (Å²) in [6.45, 7) is 0.812. The van der Waals surface area contributed by atoms with Crippen molar-refractivity contribution in [1.29, 1.82) is 0 Å². The smallest absolute Gasteiger partial charge is 0.264 e. The van der Waals surface area contributed by atoms with Crippen LogP contribution in [0.5, 0.6) is 11.5 Å². The van der Waals surface area contributed by atoms with Gasteiger partial charge in [-0.15, -0.1) is 0 Å². The molecule has 3 aromatic carbocycles. The zero-order valence-electron chi connectivity index (χ0n) is 22.2. The number of sulfonamides is 2. The van der Waals surface area contributed by atoms with Crippen molar-refractivity contribution in [2.24, 2.45) is 0 Å². The van der Waals surface area contributed by atoms with Crippen LogP contribution in [0.15, 0.2) is 82.6 Å². The first-order valence-corrected chi connectivity index (χ1v) is 15.5. The minimum absolute atomic E-state index is 0.0447. The number of rotatable bonds is 12. The SMILES string of the molecule is COc1ccc(S(=O)(=O)N(CC(=O)NCCOc2ccc(S(=O)(=O)N3CCOCC3)cc2)c2ccc(F)cc2)cc1. The van der Waals surface area contributed by atoms with Crippen LogP contribution in [0, 0.1) is 5.82 Å². The molecule has 0 radical (unpaired) electrons. The molecule has 220 valence electrons. The van der Waals surface area contributed by atoms with E-state index in [1.54, 1.807) is 0 Å². The summed E-state index contributed by atoms with van der Waals surface area (Å²) in [6, 6.07) is 16.4. The summed E-state index contributed by atoms with van der Waals surface area (Å²) < 4.78 is 83.9. The lowest BCUT2D eigenvalue weighted by molar-refractivity contribution is -0.119. The molecule has 0 aromatic heterocycles. The Morgan fingerprint density at radius 1 is 0.902 bits per heavy atom. The first-order valence-electron chi connectivity index (χ1n) is 12.6. The topological polar surface area (TPSA) is 132 Å². The minimum atomic E-state index is -4.18. The monoisotopic (exact) mass is 607 g/mol. The number of halogens is 1. The molecule has 1 amide bonds. The largest absolute Gasteiger partial charge is 0.497 e. The van der Waals surface area contributed by atoms with E-state index in [2.05, 4.69) is 5.32 Å². The molecule has 1 aliphatic heterocycles. The van der Waals surface area contributed by atoms with Gasteiger partial charge in [-0.3, -0.25) is 9.10 Å². The van der Waals surface area contributed by atoms with Crippen molar-refractivity contribution in [2.45, 2.75) is 9.79 Å². The maximum atomic E-state index is 13.5. The molecule has 0 saturated carbocycles. The maximum absolute atomic E-state index is 13.5. The van der Waals surface area contributed by atoms with Gasteiger partial charge in [-0.05, 0) is 72.8 Å². The van der Waals surface area contributed by atoms with Gasteiger partial charge >= 0.3 is 0 Å². The van der Waals surface area contributed by atoms with Gasteiger partial charge in [-0.2, -0.15) is 4.31 Å². The number of benzene rings is 3. The molecule has 14 heteroatoms. The molecule has 4 rings (SSSR count). The van der Waals surface area contributed by atoms with Gasteiger partial charge in [0.1, 0.15) is 30.5 Å². The number of carbonyl (C=O) groups is 1. The van der Waals surface area contributed by atoms with Crippen LogP contribution in [0.3, 0.4) is 0 Å². The zero-order chi connectivity index (χ0) is 29.5. The second kappa shape index (κ2) is 13.3. The Labute approximate surface area is 238 Å². The predicted molar refractivity (Wildman–Crippen MR) is 148 cm³/mol. The summed E-state index contributed by atoms with van der Waals surface area (Å²) in [5.74, 6) is -0.301. The third kappa shape index (κ3) is 7.52. The molecular weight excluding hydrogens is 577 g/mol. The van der Waals surface area contributed by atoms with Crippen molar-refractivity contribution in [1.82, 2.24) is 9.62 Å². The highest BCUT2D eigenvalue weighted by molar-refractivity contribution is 7.92. The van der Waals surface area contributed by atoms with Gasteiger partial charge in [0.15, 0.2) is 0 Å². The van der Waals surface area contributed by atoms with Gasteiger partial charge in [0, 0.05) is 13.1 Å². The fraction of sp³-hybridized carbons (Fsp3) is 0.296. The first kappa shape index (κ1) is 30.2. The Morgan fingerprint density at radius 3 is 2.10 bits per heavy atom. The lowest BCUT2D eigenvalue weighted by Gasteiger charge is -2.26. The number of carbonyl (C=O) groups excluding carboxylic acids is 1. The summed E-state index contributed by atoms with van der Waals surface area (Å²) in [5, 5.41) is 2.61. The van der Waals surface area contributed by atoms with Gasteiger partial charge in [0.25, 0.3) is 10.0 Å². The molecule has 3 aromatic rings. The average molecular weight is 608 g/mol. The summed E-state index contributed by atoms with van der Waals surface area (Å²) in [6.07, 6.45) is 0. The van der Waals surface area contributed by atoms with Gasteiger partial charge in [0.05, 0.1) is 42.3 Å². The Bertz CT molecular complexity index is 1530. The van der Waals surface area contributed by atoms with Crippen LogP contribution in [-0.4, -0.2) is 80.2 Å². The summed E-state index contributed by atoms with van der Waals surface area (Å²) >= 11 is 0. The molecule has 0 spiro atoms. The number of hydrogen-bond donors (Lipinski definition) is 1. The second-order valence-corrected chi connectivity index (χ2v) is 12.7. The number of ether oxygens (including phenoxy) is 3. The van der Waals surface area contributed by atoms with Crippen LogP contribution >= 0.6 is 0 Å². The molecule has 1 N–H and O–H groups in total. The van der Waals surface area contributed by atoms with Crippen LogP contribution in [0.1, 0.15) is 0 Å². The molecule has 1 heterocycles. The first-order chi connectivity index (χ1) is 19.6. The van der Waals surface area contributed by atoms with Crippen LogP contribution < -0.4 is 19.1 Å². The van der Waals surface area contributed by atoms with E-state index in [-0.39, 0.29) is 28.6 Å². The quantitative estimate of drug-likeness (QED) is 0.310. The van der Waals surface area contributed by atoms with E-state index in [4.69, 9.17) is 14.2 Å². The molecule has 41 heavy (non-hydrogen) atoms. The van der Waals surface area contributed by atoms with E-state index in [1.165, 1.54) is 72.1 Å². The number of amides is 1. The van der Waals surface area contributed by atoms with Crippen molar-refractivity contribution >= 4 is 31.6 Å². The zero-order valence-corrected chi connectivity index (χ0v) is 23.9. The predicted octanol–water partition coefficient (Wildman–Crippen LogP) is 2.25. The van der Waals surface area contributed by atoms with E-state index in [9.17, 15) is 26.0 Å². The van der Waals surface area contributed by atoms with Crippen LogP contribution in [0.2, 0.25) is 0 Å². The highest BCUT2D eigenvalue weighted by Crippen LogP contribution is 2.25. The summed E-state index contributed by atoms with van der Waals surface area (Å²) in [7, 11) is -6.36. The number of hydrogen-bond acceptors (Lipinski definition) is 8. The standard InChI is InChI=1S/C27H30FN3O8S2/c1-37-23-6-10-26(11-7-23)41(35,36)31(22-4-2-21(28)3-5-22)20-27(32)29-14-17-39-24-8-12-25(13-9-24)40(33,34)30-15-18-38-19-16-30/h2-13H,14-20H2,1H3,(H,29,32). The Kier molecular flexibility index (Phi) is 9.81. The Balaban J connectivity index is 1.35. The van der Waals surface area contributed by atoms with E-state index < -0.39 is 38.3 Å². The van der Waals surface area contributed by atoms with E-state index >= 15 is 0 Å². The molecule has 1 fully saturated rings. The molecule has 0 aliphatic carbocycles. The maximum Gasteiger partial charge on any atom is 0.264 e. The fourth-order valence-electron chi connectivity index (χ4n) is 3.99. The van der Waals surface area contributed by atoms with Crippen molar-refractivity contribution in [3.63, 3.8) is 0 Å². The molecule has 0 atom stereocenters. The van der Waals surface area contributed by atoms with Gasteiger partial charge in [-0.25, -0.2) is 21.2 Å². The average Bonchev–Trinajstić information content (AvgIpc) is 2.99. The molecule has 1 aliphatic rings. The minimum Gasteiger partial charge on any atom is -0.497 e. The third-order valence-electron chi connectivity index (χ3n) is 6.17. The number of anilines is 1. The van der Waals surface area contributed by atoms with Crippen molar-refractivity contribution < 1.29 is 40.2 Å².